The maximum atomic E-state index is 12.6. The van der Waals surface area contributed by atoms with Crippen LogP contribution >= 0.6 is 11.8 Å². The SMILES string of the molecule is COc1cc(NC(=O)N2CCC3(CC2)OCCS3)cc(OC)c1OC. The Morgan fingerprint density at radius 3 is 2.28 bits per heavy atom. The number of anilines is 1. The van der Waals surface area contributed by atoms with Crippen molar-refractivity contribution in [3.8, 4) is 17.2 Å². The third kappa shape index (κ3) is 3.74. The van der Waals surface area contributed by atoms with Crippen LogP contribution in [0.15, 0.2) is 12.1 Å². The molecular weight excluding hydrogens is 344 g/mol. The number of hydrogen-bond donors (Lipinski definition) is 1. The summed E-state index contributed by atoms with van der Waals surface area (Å²) in [7, 11) is 4.64. The smallest absolute Gasteiger partial charge is 0.321 e. The van der Waals surface area contributed by atoms with Crippen molar-refractivity contribution in [1.29, 1.82) is 0 Å². The zero-order valence-electron chi connectivity index (χ0n) is 14.8. The Bertz CT molecular complexity index is 598. The summed E-state index contributed by atoms with van der Waals surface area (Å²) in [5, 5.41) is 2.92. The minimum atomic E-state index is -0.132. The van der Waals surface area contributed by atoms with Gasteiger partial charge in [0, 0.05) is 43.8 Å². The highest BCUT2D eigenvalue weighted by Gasteiger charge is 2.40. The zero-order valence-corrected chi connectivity index (χ0v) is 15.6. The van der Waals surface area contributed by atoms with Crippen molar-refractivity contribution in [2.45, 2.75) is 17.8 Å². The first-order valence-corrected chi connectivity index (χ1v) is 9.23. The van der Waals surface area contributed by atoms with Crippen LogP contribution < -0.4 is 19.5 Å². The number of piperidine rings is 1. The fourth-order valence-corrected chi connectivity index (χ4v) is 4.37. The number of methoxy groups -OCH3 is 3. The molecule has 2 amide bonds. The summed E-state index contributed by atoms with van der Waals surface area (Å²) in [5.74, 6) is 2.55. The molecule has 3 rings (SSSR count). The summed E-state index contributed by atoms with van der Waals surface area (Å²) in [6.07, 6.45) is 1.72. The molecule has 2 saturated heterocycles. The lowest BCUT2D eigenvalue weighted by atomic mass is 10.1. The normalized spacial score (nSPS) is 18.9. The van der Waals surface area contributed by atoms with E-state index in [0.717, 1.165) is 25.2 Å². The number of likely N-dealkylation sites (tertiary alicyclic amines) is 1. The van der Waals surface area contributed by atoms with Crippen LogP contribution in [0.2, 0.25) is 0 Å². The van der Waals surface area contributed by atoms with Gasteiger partial charge in [0.1, 0.15) is 4.93 Å². The van der Waals surface area contributed by atoms with Crippen molar-refractivity contribution < 1.29 is 23.7 Å². The van der Waals surface area contributed by atoms with Crippen molar-refractivity contribution in [2.24, 2.45) is 0 Å². The van der Waals surface area contributed by atoms with E-state index in [2.05, 4.69) is 5.32 Å². The Labute approximate surface area is 151 Å². The van der Waals surface area contributed by atoms with Gasteiger partial charge in [-0.1, -0.05) is 0 Å². The number of amides is 2. The third-order valence-electron chi connectivity index (χ3n) is 4.54. The summed E-state index contributed by atoms with van der Waals surface area (Å²) in [6.45, 7) is 2.18. The monoisotopic (exact) mass is 368 g/mol. The van der Waals surface area contributed by atoms with Gasteiger partial charge in [-0.05, 0) is 0 Å². The number of rotatable bonds is 4. The summed E-state index contributed by atoms with van der Waals surface area (Å²) in [5.41, 5.74) is 0.603. The van der Waals surface area contributed by atoms with E-state index in [9.17, 15) is 4.79 Å². The number of nitrogens with one attached hydrogen (secondary N) is 1. The fraction of sp³-hybridized carbons (Fsp3) is 0.588. The maximum Gasteiger partial charge on any atom is 0.321 e. The molecule has 0 bridgehead atoms. The minimum absolute atomic E-state index is 0.0800. The quantitative estimate of drug-likeness (QED) is 0.881. The fourth-order valence-electron chi connectivity index (χ4n) is 3.19. The molecule has 25 heavy (non-hydrogen) atoms. The first kappa shape index (κ1) is 18.0. The highest BCUT2D eigenvalue weighted by Crippen LogP contribution is 2.42. The molecule has 0 aromatic heterocycles. The van der Waals surface area contributed by atoms with Crippen LogP contribution in [0.5, 0.6) is 17.2 Å². The second-order valence-electron chi connectivity index (χ2n) is 5.94. The number of urea groups is 1. The van der Waals surface area contributed by atoms with Gasteiger partial charge < -0.3 is 29.2 Å². The number of thioether (sulfide) groups is 1. The van der Waals surface area contributed by atoms with Gasteiger partial charge in [0.2, 0.25) is 5.75 Å². The zero-order chi connectivity index (χ0) is 17.9. The van der Waals surface area contributed by atoms with E-state index in [-0.39, 0.29) is 11.0 Å². The third-order valence-corrected chi connectivity index (χ3v) is 5.97. The number of benzene rings is 1. The van der Waals surface area contributed by atoms with Crippen LogP contribution in [0.4, 0.5) is 10.5 Å². The molecule has 0 saturated carbocycles. The van der Waals surface area contributed by atoms with Crippen molar-refractivity contribution in [2.75, 3.05) is 52.1 Å². The van der Waals surface area contributed by atoms with Crippen LogP contribution in [-0.2, 0) is 4.74 Å². The summed E-state index contributed by atoms with van der Waals surface area (Å²) >= 11 is 1.87. The lowest BCUT2D eigenvalue weighted by Crippen LogP contribution is -2.46. The maximum absolute atomic E-state index is 12.6. The molecule has 7 nitrogen and oxygen atoms in total. The molecule has 0 atom stereocenters. The molecule has 138 valence electrons. The predicted molar refractivity (Wildman–Crippen MR) is 97.1 cm³/mol. The van der Waals surface area contributed by atoms with Crippen molar-refractivity contribution in [3.63, 3.8) is 0 Å². The molecule has 2 heterocycles. The van der Waals surface area contributed by atoms with E-state index in [1.165, 1.54) is 0 Å². The molecule has 8 heteroatoms. The predicted octanol–water partition coefficient (Wildman–Crippen LogP) is 2.80. The Kier molecular flexibility index (Phi) is 5.48. The number of ether oxygens (including phenoxy) is 4. The average Bonchev–Trinajstić information content (AvgIpc) is 3.09. The molecule has 0 radical (unpaired) electrons. The van der Waals surface area contributed by atoms with Crippen LogP contribution in [0, 0.1) is 0 Å². The Balaban J connectivity index is 1.67. The molecule has 0 aliphatic carbocycles. The topological polar surface area (TPSA) is 69.3 Å². The molecule has 1 spiro atoms. The van der Waals surface area contributed by atoms with Crippen molar-refractivity contribution >= 4 is 23.5 Å². The first-order chi connectivity index (χ1) is 12.1. The van der Waals surface area contributed by atoms with E-state index in [4.69, 9.17) is 18.9 Å². The molecule has 1 N–H and O–H groups in total. The van der Waals surface area contributed by atoms with Gasteiger partial charge >= 0.3 is 6.03 Å². The lowest BCUT2D eigenvalue weighted by molar-refractivity contribution is 0.0105. The molecule has 2 aliphatic rings. The van der Waals surface area contributed by atoms with Gasteiger partial charge in [0.05, 0.1) is 33.6 Å². The van der Waals surface area contributed by atoms with E-state index in [1.807, 2.05) is 16.7 Å². The molecule has 1 aromatic rings. The number of carbonyl (C=O) groups is 1. The summed E-state index contributed by atoms with van der Waals surface area (Å²) in [4.78, 5) is 14.3. The summed E-state index contributed by atoms with van der Waals surface area (Å²) < 4.78 is 21.8. The van der Waals surface area contributed by atoms with E-state index in [1.54, 1.807) is 33.5 Å². The second kappa shape index (κ2) is 7.61. The molecule has 2 aliphatic heterocycles. The molecule has 0 unspecified atom stereocenters. The van der Waals surface area contributed by atoms with Crippen molar-refractivity contribution in [1.82, 2.24) is 4.90 Å². The molecule has 1 aromatic carbocycles. The number of nitrogens with zero attached hydrogens (tertiary/aromatic N) is 1. The number of hydrogen-bond acceptors (Lipinski definition) is 6. The average molecular weight is 368 g/mol. The largest absolute Gasteiger partial charge is 0.493 e. The molecule has 2 fully saturated rings. The number of carbonyl (C=O) groups excluding carboxylic acids is 1. The second-order valence-corrected chi connectivity index (χ2v) is 7.38. The Morgan fingerprint density at radius 2 is 1.80 bits per heavy atom. The Hall–Kier alpha value is -1.80. The highest BCUT2D eigenvalue weighted by molar-refractivity contribution is 8.00. The van der Waals surface area contributed by atoms with Gasteiger partial charge in [-0.25, -0.2) is 4.79 Å². The van der Waals surface area contributed by atoms with Crippen LogP contribution in [0.25, 0.3) is 0 Å². The minimum Gasteiger partial charge on any atom is -0.493 e. The van der Waals surface area contributed by atoms with Gasteiger partial charge in [-0.2, -0.15) is 0 Å². The van der Waals surface area contributed by atoms with Gasteiger partial charge in [-0.3, -0.25) is 0 Å². The van der Waals surface area contributed by atoms with Gasteiger partial charge in [0.15, 0.2) is 11.5 Å². The van der Waals surface area contributed by atoms with Gasteiger partial charge in [0.25, 0.3) is 0 Å². The summed E-state index contributed by atoms with van der Waals surface area (Å²) in [6, 6.07) is 3.31. The Morgan fingerprint density at radius 1 is 1.16 bits per heavy atom. The van der Waals surface area contributed by atoms with E-state index < -0.39 is 0 Å². The van der Waals surface area contributed by atoms with E-state index in [0.29, 0.717) is 36.0 Å². The van der Waals surface area contributed by atoms with Crippen LogP contribution in [0.3, 0.4) is 0 Å². The lowest BCUT2D eigenvalue weighted by Gasteiger charge is -2.37. The highest BCUT2D eigenvalue weighted by atomic mass is 32.2. The van der Waals surface area contributed by atoms with Crippen LogP contribution in [0.1, 0.15) is 12.8 Å². The molecular formula is C17H24N2O5S. The van der Waals surface area contributed by atoms with E-state index >= 15 is 0 Å². The standard InChI is InChI=1S/C17H24N2O5S/c1-21-13-10-12(11-14(22-2)15(13)23-3)18-16(20)19-6-4-17(5-7-19)24-8-9-25-17/h10-11H,4-9H2,1-3H3,(H,18,20). The van der Waals surface area contributed by atoms with Crippen molar-refractivity contribution in [3.05, 3.63) is 12.1 Å². The van der Waals surface area contributed by atoms with Gasteiger partial charge in [-0.15, -0.1) is 11.8 Å². The first-order valence-electron chi connectivity index (χ1n) is 8.24. The van der Waals surface area contributed by atoms with Crippen LogP contribution in [-0.4, -0.2) is 62.6 Å².